The quantitative estimate of drug-likeness (QED) is 0.820. The molecule has 1 aliphatic rings. The summed E-state index contributed by atoms with van der Waals surface area (Å²) >= 11 is 0. The minimum absolute atomic E-state index is 0.147. The zero-order chi connectivity index (χ0) is 12.0. The van der Waals surface area contributed by atoms with E-state index in [1.807, 2.05) is 6.07 Å². The fraction of sp³-hybridized carbons (Fsp3) is 0.571. The van der Waals surface area contributed by atoms with Gasteiger partial charge in [-0.3, -0.25) is 0 Å². The summed E-state index contributed by atoms with van der Waals surface area (Å²) in [7, 11) is 0. The van der Waals surface area contributed by atoms with Crippen molar-refractivity contribution in [2.45, 2.75) is 51.0 Å². The van der Waals surface area contributed by atoms with Crippen molar-refractivity contribution in [3.63, 3.8) is 0 Å². The van der Waals surface area contributed by atoms with E-state index in [0.717, 1.165) is 24.8 Å². The van der Waals surface area contributed by atoms with Crippen molar-refractivity contribution in [3.05, 3.63) is 29.3 Å². The molecule has 1 aromatic rings. The molecule has 0 aromatic heterocycles. The third-order valence-corrected chi connectivity index (χ3v) is 3.99. The molecule has 0 unspecified atom stereocenters. The van der Waals surface area contributed by atoms with Gasteiger partial charge < -0.3 is 10.8 Å². The zero-order valence-electron chi connectivity index (χ0n) is 10.4. The lowest BCUT2D eigenvalue weighted by atomic mass is 9.81. The third-order valence-electron chi connectivity index (χ3n) is 3.99. The van der Waals surface area contributed by atoms with Crippen molar-refractivity contribution >= 4 is 0 Å². The Morgan fingerprint density at radius 1 is 1.38 bits per heavy atom. The molecule has 0 aliphatic heterocycles. The Morgan fingerprint density at radius 3 is 2.50 bits per heavy atom. The van der Waals surface area contributed by atoms with Crippen LogP contribution in [0.5, 0.6) is 5.75 Å². The SMILES string of the molecule is CCC(C)(C)c1ccc(O)c(C2(N)CC2)c1. The molecule has 1 saturated carbocycles. The van der Waals surface area contributed by atoms with Crippen molar-refractivity contribution in [2.24, 2.45) is 5.73 Å². The van der Waals surface area contributed by atoms with E-state index in [1.54, 1.807) is 6.07 Å². The largest absolute Gasteiger partial charge is 0.508 e. The van der Waals surface area contributed by atoms with E-state index >= 15 is 0 Å². The summed E-state index contributed by atoms with van der Waals surface area (Å²) in [6.45, 7) is 6.63. The van der Waals surface area contributed by atoms with E-state index in [-0.39, 0.29) is 11.0 Å². The topological polar surface area (TPSA) is 46.2 Å². The first-order valence-electron chi connectivity index (χ1n) is 6.02. The molecule has 0 radical (unpaired) electrons. The van der Waals surface area contributed by atoms with E-state index in [4.69, 9.17) is 5.73 Å². The summed E-state index contributed by atoms with van der Waals surface area (Å²) in [5.41, 5.74) is 8.24. The van der Waals surface area contributed by atoms with Gasteiger partial charge in [0.05, 0.1) is 0 Å². The van der Waals surface area contributed by atoms with Gasteiger partial charge in [0.1, 0.15) is 5.75 Å². The van der Waals surface area contributed by atoms with Crippen molar-refractivity contribution in [1.82, 2.24) is 0 Å². The first-order chi connectivity index (χ1) is 7.39. The Balaban J connectivity index is 2.44. The molecule has 0 saturated heterocycles. The Labute approximate surface area is 97.5 Å². The van der Waals surface area contributed by atoms with Crippen LogP contribution in [0.15, 0.2) is 18.2 Å². The minimum atomic E-state index is -0.260. The number of phenolic OH excluding ortho intramolecular Hbond substituents is 1. The average Bonchev–Trinajstić information content (AvgIpc) is 2.98. The van der Waals surface area contributed by atoms with Gasteiger partial charge in [-0.1, -0.05) is 26.8 Å². The number of benzene rings is 1. The predicted molar refractivity (Wildman–Crippen MR) is 66.5 cm³/mol. The Hall–Kier alpha value is -1.02. The van der Waals surface area contributed by atoms with Crippen LogP contribution in [0.4, 0.5) is 0 Å². The van der Waals surface area contributed by atoms with Gasteiger partial charge in [-0.15, -0.1) is 0 Å². The molecule has 0 amide bonds. The van der Waals surface area contributed by atoms with Gasteiger partial charge in [-0.25, -0.2) is 0 Å². The molecule has 1 fully saturated rings. The fourth-order valence-corrected chi connectivity index (χ4v) is 1.96. The van der Waals surface area contributed by atoms with E-state index in [2.05, 4.69) is 26.8 Å². The second kappa shape index (κ2) is 3.49. The molecule has 0 bridgehead atoms. The molecule has 88 valence electrons. The standard InChI is InChI=1S/C14H21NO/c1-4-13(2,3)10-5-6-12(16)11(9-10)14(15)7-8-14/h5-6,9,16H,4,7-8,15H2,1-3H3. The van der Waals surface area contributed by atoms with Crippen LogP contribution in [0.2, 0.25) is 0 Å². The molecule has 2 rings (SSSR count). The van der Waals surface area contributed by atoms with Gasteiger partial charge in [0, 0.05) is 11.1 Å². The number of hydrogen-bond acceptors (Lipinski definition) is 2. The molecule has 16 heavy (non-hydrogen) atoms. The lowest BCUT2D eigenvalue weighted by Gasteiger charge is -2.25. The highest BCUT2D eigenvalue weighted by atomic mass is 16.3. The monoisotopic (exact) mass is 219 g/mol. The number of nitrogens with two attached hydrogens (primary N) is 1. The number of hydrogen-bond donors (Lipinski definition) is 2. The maximum absolute atomic E-state index is 9.87. The fourth-order valence-electron chi connectivity index (χ4n) is 1.96. The lowest BCUT2D eigenvalue weighted by Crippen LogP contribution is -2.21. The molecule has 0 spiro atoms. The third kappa shape index (κ3) is 1.82. The molecule has 0 atom stereocenters. The molecule has 0 heterocycles. The van der Waals surface area contributed by atoms with Crippen LogP contribution < -0.4 is 5.73 Å². The second-order valence-electron chi connectivity index (χ2n) is 5.63. The highest BCUT2D eigenvalue weighted by Crippen LogP contribution is 2.47. The van der Waals surface area contributed by atoms with Gasteiger partial charge in [-0.05, 0) is 42.4 Å². The zero-order valence-corrected chi connectivity index (χ0v) is 10.4. The summed E-state index contributed by atoms with van der Waals surface area (Å²) in [6.07, 6.45) is 3.04. The van der Waals surface area contributed by atoms with Crippen molar-refractivity contribution in [1.29, 1.82) is 0 Å². The summed E-state index contributed by atoms with van der Waals surface area (Å²) < 4.78 is 0. The molecular weight excluding hydrogens is 198 g/mol. The number of phenols is 1. The van der Waals surface area contributed by atoms with Crippen molar-refractivity contribution in [2.75, 3.05) is 0 Å². The summed E-state index contributed by atoms with van der Waals surface area (Å²) in [4.78, 5) is 0. The smallest absolute Gasteiger partial charge is 0.120 e. The van der Waals surface area contributed by atoms with Crippen LogP contribution in [-0.4, -0.2) is 5.11 Å². The highest BCUT2D eigenvalue weighted by molar-refractivity contribution is 5.45. The Bertz CT molecular complexity index is 405. The van der Waals surface area contributed by atoms with Crippen LogP contribution >= 0.6 is 0 Å². The first kappa shape index (κ1) is 11.5. The van der Waals surface area contributed by atoms with Gasteiger partial charge in [0.15, 0.2) is 0 Å². The lowest BCUT2D eigenvalue weighted by molar-refractivity contribution is 0.455. The van der Waals surface area contributed by atoms with E-state index in [9.17, 15) is 5.11 Å². The van der Waals surface area contributed by atoms with Crippen LogP contribution in [0.1, 0.15) is 51.2 Å². The van der Waals surface area contributed by atoms with Crippen LogP contribution in [0, 0.1) is 0 Å². The number of aromatic hydroxyl groups is 1. The van der Waals surface area contributed by atoms with Crippen molar-refractivity contribution in [3.8, 4) is 5.75 Å². The first-order valence-corrected chi connectivity index (χ1v) is 6.02. The summed E-state index contributed by atoms with van der Waals surface area (Å²) in [6, 6.07) is 5.88. The normalized spacial score (nSPS) is 18.5. The maximum Gasteiger partial charge on any atom is 0.120 e. The summed E-state index contributed by atoms with van der Waals surface area (Å²) in [5, 5.41) is 9.87. The molecule has 2 heteroatoms. The minimum Gasteiger partial charge on any atom is -0.508 e. The van der Waals surface area contributed by atoms with E-state index in [0.29, 0.717) is 5.75 Å². The average molecular weight is 219 g/mol. The summed E-state index contributed by atoms with van der Waals surface area (Å²) in [5.74, 6) is 0.343. The van der Waals surface area contributed by atoms with E-state index in [1.165, 1.54) is 5.56 Å². The Morgan fingerprint density at radius 2 is 2.00 bits per heavy atom. The van der Waals surface area contributed by atoms with Gasteiger partial charge in [-0.2, -0.15) is 0 Å². The maximum atomic E-state index is 9.87. The molecule has 1 aromatic carbocycles. The van der Waals surface area contributed by atoms with Gasteiger partial charge in [0.2, 0.25) is 0 Å². The Kier molecular flexibility index (Phi) is 2.50. The van der Waals surface area contributed by atoms with Crippen LogP contribution in [0.3, 0.4) is 0 Å². The molecular formula is C14H21NO. The molecule has 2 nitrogen and oxygen atoms in total. The van der Waals surface area contributed by atoms with Gasteiger partial charge in [0.25, 0.3) is 0 Å². The van der Waals surface area contributed by atoms with Gasteiger partial charge >= 0.3 is 0 Å². The van der Waals surface area contributed by atoms with Crippen molar-refractivity contribution < 1.29 is 5.11 Å². The number of rotatable bonds is 3. The molecule has 3 N–H and O–H groups in total. The molecule has 1 aliphatic carbocycles. The van der Waals surface area contributed by atoms with Crippen LogP contribution in [-0.2, 0) is 11.0 Å². The highest BCUT2D eigenvalue weighted by Gasteiger charge is 2.42. The predicted octanol–water partition coefficient (Wildman–Crippen LogP) is 3.03. The second-order valence-corrected chi connectivity index (χ2v) is 5.63. The van der Waals surface area contributed by atoms with E-state index < -0.39 is 0 Å². The van der Waals surface area contributed by atoms with Crippen LogP contribution in [0.25, 0.3) is 0 Å².